The van der Waals surface area contributed by atoms with E-state index in [2.05, 4.69) is 11.4 Å². The fourth-order valence-electron chi connectivity index (χ4n) is 2.97. The zero-order valence-corrected chi connectivity index (χ0v) is 13.6. The van der Waals surface area contributed by atoms with E-state index >= 15 is 0 Å². The van der Waals surface area contributed by atoms with Gasteiger partial charge in [-0.05, 0) is 45.2 Å². The zero-order chi connectivity index (χ0) is 16.5. The van der Waals surface area contributed by atoms with E-state index in [9.17, 15) is 14.7 Å². The summed E-state index contributed by atoms with van der Waals surface area (Å²) < 4.78 is 0. The number of hydrogen-bond acceptors (Lipinski definition) is 2. The Morgan fingerprint density at radius 1 is 1.36 bits per heavy atom. The van der Waals surface area contributed by atoms with Gasteiger partial charge in [0.1, 0.15) is 0 Å². The number of hydrogen-bond donors (Lipinski definition) is 2. The van der Waals surface area contributed by atoms with Crippen molar-refractivity contribution in [3.05, 3.63) is 34.9 Å². The number of benzene rings is 1. The molecule has 5 heteroatoms. The van der Waals surface area contributed by atoms with Gasteiger partial charge in [0.05, 0.1) is 11.5 Å². The molecule has 0 radical (unpaired) electrons. The molecule has 1 fully saturated rings. The maximum absolute atomic E-state index is 12.3. The molecular formula is C17H24N2O3. The summed E-state index contributed by atoms with van der Waals surface area (Å²) in [6, 6.07) is 5.85. The number of carbonyl (C=O) groups excluding carboxylic acids is 1. The van der Waals surface area contributed by atoms with E-state index < -0.39 is 11.4 Å². The molecule has 2 amide bonds. The third-order valence-electron chi connectivity index (χ3n) is 4.51. The normalized spacial score (nSPS) is 22.5. The Balaban J connectivity index is 2.02. The maximum Gasteiger partial charge on any atom is 0.317 e. The second-order valence-corrected chi connectivity index (χ2v) is 6.57. The second kappa shape index (κ2) is 5.99. The van der Waals surface area contributed by atoms with Crippen molar-refractivity contribution >= 4 is 12.0 Å². The molecule has 1 aliphatic heterocycles. The maximum atomic E-state index is 12.3. The number of carboxylic acid groups (broad SMARTS) is 1. The number of rotatable bonds is 3. The molecule has 5 nitrogen and oxygen atoms in total. The number of amides is 2. The monoisotopic (exact) mass is 304 g/mol. The lowest BCUT2D eigenvalue weighted by atomic mass is 9.90. The number of nitrogens with zero attached hydrogens (tertiary/aromatic N) is 1. The van der Waals surface area contributed by atoms with Crippen LogP contribution in [-0.4, -0.2) is 35.1 Å². The number of carbonyl (C=O) groups is 2. The minimum absolute atomic E-state index is 0.107. The summed E-state index contributed by atoms with van der Waals surface area (Å²) in [5.41, 5.74) is 2.58. The van der Waals surface area contributed by atoms with Crippen LogP contribution in [0.4, 0.5) is 4.79 Å². The van der Waals surface area contributed by atoms with Crippen molar-refractivity contribution in [3.8, 4) is 0 Å². The number of nitrogens with one attached hydrogen (secondary N) is 1. The van der Waals surface area contributed by atoms with Crippen LogP contribution in [0.25, 0.3) is 0 Å². The molecule has 0 spiro atoms. The predicted octanol–water partition coefficient (Wildman–Crippen LogP) is 2.87. The third-order valence-corrected chi connectivity index (χ3v) is 4.51. The van der Waals surface area contributed by atoms with Crippen LogP contribution in [0.5, 0.6) is 0 Å². The van der Waals surface area contributed by atoms with Gasteiger partial charge in [-0.15, -0.1) is 0 Å². The van der Waals surface area contributed by atoms with Gasteiger partial charge in [0.15, 0.2) is 0 Å². The van der Waals surface area contributed by atoms with Crippen molar-refractivity contribution in [2.75, 3.05) is 13.1 Å². The summed E-state index contributed by atoms with van der Waals surface area (Å²) in [4.78, 5) is 25.2. The van der Waals surface area contributed by atoms with E-state index in [1.54, 1.807) is 11.8 Å². The van der Waals surface area contributed by atoms with Crippen LogP contribution in [0, 0.1) is 19.3 Å². The molecular weight excluding hydrogens is 280 g/mol. The van der Waals surface area contributed by atoms with Crippen LogP contribution in [0.2, 0.25) is 0 Å². The molecule has 1 saturated heterocycles. The second-order valence-electron chi connectivity index (χ2n) is 6.57. The summed E-state index contributed by atoms with van der Waals surface area (Å²) in [6.07, 6.45) is 0.494. The SMILES string of the molecule is Cc1ccc(C(C)NC(=O)N2CCC(C)(C(=O)O)C2)c(C)c1. The van der Waals surface area contributed by atoms with E-state index in [1.165, 1.54) is 5.56 Å². The Labute approximate surface area is 131 Å². The highest BCUT2D eigenvalue weighted by Gasteiger charge is 2.42. The minimum Gasteiger partial charge on any atom is -0.481 e. The predicted molar refractivity (Wildman–Crippen MR) is 84.8 cm³/mol. The van der Waals surface area contributed by atoms with E-state index in [4.69, 9.17) is 0 Å². The minimum atomic E-state index is -0.842. The molecule has 0 bridgehead atoms. The smallest absolute Gasteiger partial charge is 0.317 e. The molecule has 0 aliphatic carbocycles. The van der Waals surface area contributed by atoms with Gasteiger partial charge in [-0.1, -0.05) is 23.8 Å². The topological polar surface area (TPSA) is 69.6 Å². The summed E-state index contributed by atoms with van der Waals surface area (Å²) in [6.45, 7) is 8.44. The Morgan fingerprint density at radius 3 is 2.59 bits per heavy atom. The molecule has 1 aromatic carbocycles. The van der Waals surface area contributed by atoms with Crippen molar-refractivity contribution in [2.24, 2.45) is 5.41 Å². The van der Waals surface area contributed by atoms with Gasteiger partial charge in [-0.25, -0.2) is 4.79 Å². The molecule has 2 N–H and O–H groups in total. The summed E-state index contributed by atoms with van der Waals surface area (Å²) in [7, 11) is 0. The molecule has 22 heavy (non-hydrogen) atoms. The lowest BCUT2D eigenvalue weighted by Gasteiger charge is -2.23. The van der Waals surface area contributed by atoms with Crippen molar-refractivity contribution in [1.82, 2.24) is 10.2 Å². The number of aryl methyl sites for hydroxylation is 2. The average molecular weight is 304 g/mol. The average Bonchev–Trinajstić information content (AvgIpc) is 2.82. The molecule has 2 unspecified atom stereocenters. The zero-order valence-electron chi connectivity index (χ0n) is 13.6. The quantitative estimate of drug-likeness (QED) is 0.902. The number of aliphatic carboxylic acids is 1. The largest absolute Gasteiger partial charge is 0.481 e. The molecule has 1 aliphatic rings. The van der Waals surface area contributed by atoms with Gasteiger partial charge in [0.2, 0.25) is 0 Å². The van der Waals surface area contributed by atoms with Crippen molar-refractivity contribution in [1.29, 1.82) is 0 Å². The van der Waals surface area contributed by atoms with E-state index in [0.717, 1.165) is 11.1 Å². The van der Waals surface area contributed by atoms with E-state index in [0.29, 0.717) is 13.0 Å². The Bertz CT molecular complexity index is 600. The first-order chi connectivity index (χ1) is 10.2. The van der Waals surface area contributed by atoms with Gasteiger partial charge in [-0.2, -0.15) is 0 Å². The Morgan fingerprint density at radius 2 is 2.05 bits per heavy atom. The molecule has 1 heterocycles. The molecule has 2 atom stereocenters. The molecule has 0 aromatic heterocycles. The molecule has 1 aromatic rings. The highest BCUT2D eigenvalue weighted by Crippen LogP contribution is 2.30. The first-order valence-electron chi connectivity index (χ1n) is 7.59. The summed E-state index contributed by atoms with van der Waals surface area (Å²) >= 11 is 0. The van der Waals surface area contributed by atoms with Crippen molar-refractivity contribution < 1.29 is 14.7 Å². The van der Waals surface area contributed by atoms with Gasteiger partial charge in [-0.3, -0.25) is 4.79 Å². The van der Waals surface area contributed by atoms with E-state index in [1.807, 2.05) is 32.9 Å². The van der Waals surface area contributed by atoms with Crippen LogP contribution in [0.3, 0.4) is 0 Å². The lowest BCUT2D eigenvalue weighted by molar-refractivity contribution is -0.146. The van der Waals surface area contributed by atoms with Crippen LogP contribution >= 0.6 is 0 Å². The highest BCUT2D eigenvalue weighted by molar-refractivity contribution is 5.79. The van der Waals surface area contributed by atoms with Gasteiger partial charge in [0, 0.05) is 13.1 Å². The molecule has 120 valence electrons. The van der Waals surface area contributed by atoms with Crippen LogP contribution in [-0.2, 0) is 4.79 Å². The lowest BCUT2D eigenvalue weighted by Crippen LogP contribution is -2.41. The highest BCUT2D eigenvalue weighted by atomic mass is 16.4. The summed E-state index contributed by atoms with van der Waals surface area (Å²) in [5.74, 6) is -0.842. The molecule has 2 rings (SSSR count). The number of urea groups is 1. The van der Waals surface area contributed by atoms with Crippen LogP contribution < -0.4 is 5.32 Å². The first-order valence-corrected chi connectivity index (χ1v) is 7.59. The van der Waals surface area contributed by atoms with Crippen LogP contribution in [0.1, 0.15) is 43.0 Å². The fraction of sp³-hybridized carbons (Fsp3) is 0.529. The van der Waals surface area contributed by atoms with Crippen molar-refractivity contribution in [2.45, 2.75) is 40.2 Å². The standard InChI is InChI=1S/C17H24N2O3/c1-11-5-6-14(12(2)9-11)13(3)18-16(22)19-8-7-17(4,10-19)15(20)21/h5-6,9,13H,7-8,10H2,1-4H3,(H,18,22)(H,20,21). The van der Waals surface area contributed by atoms with Crippen LogP contribution in [0.15, 0.2) is 18.2 Å². The van der Waals surface area contributed by atoms with Gasteiger partial charge >= 0.3 is 12.0 Å². The van der Waals surface area contributed by atoms with E-state index in [-0.39, 0.29) is 18.6 Å². The van der Waals surface area contributed by atoms with Crippen molar-refractivity contribution in [3.63, 3.8) is 0 Å². The Kier molecular flexibility index (Phi) is 4.44. The fourth-order valence-corrected chi connectivity index (χ4v) is 2.97. The Hall–Kier alpha value is -2.04. The number of likely N-dealkylation sites (tertiary alicyclic amines) is 1. The third kappa shape index (κ3) is 3.24. The van der Waals surface area contributed by atoms with Gasteiger partial charge in [0.25, 0.3) is 0 Å². The number of carboxylic acids is 1. The first kappa shape index (κ1) is 16.3. The molecule has 0 saturated carbocycles. The van der Waals surface area contributed by atoms with Gasteiger partial charge < -0.3 is 15.3 Å². The summed E-state index contributed by atoms with van der Waals surface area (Å²) in [5, 5.41) is 12.2.